The van der Waals surface area contributed by atoms with E-state index in [-0.39, 0.29) is 33.7 Å². The maximum atomic E-state index is 13.1. The van der Waals surface area contributed by atoms with Gasteiger partial charge in [0.25, 0.3) is 0 Å². The summed E-state index contributed by atoms with van der Waals surface area (Å²) in [6.45, 7) is -2.80. The number of halogens is 4. The molecule has 0 spiro atoms. The molecule has 1 saturated carbocycles. The van der Waals surface area contributed by atoms with E-state index in [0.717, 1.165) is 12.8 Å². The molecule has 2 aromatic carbocycles. The van der Waals surface area contributed by atoms with Crippen molar-refractivity contribution in [1.29, 1.82) is 0 Å². The average Bonchev–Trinajstić information content (AvgIpc) is 3.77. The van der Waals surface area contributed by atoms with Gasteiger partial charge in [-0.15, -0.1) is 0 Å². The van der Waals surface area contributed by atoms with Gasteiger partial charge in [-0.2, -0.15) is 8.78 Å². The number of rotatable bonds is 14. The molecule has 1 N–H and O–H groups in total. The standard InChI is InChI=1S/C29H28Cl2F2NO9/c1-38-18-8-19(39-2)10-20(9-18)41-27(35)12-28(36)42-25(11-21-22(30)13-34(37)14-23(21)31)17-5-6-24(43-29(32)33)26(7-17)40-15-16-3-4-16/h5-10,13-14,16,25,29,37H,3-4,11-12,15H2,1-2H3/q+1/t25-/m0/s1. The molecular formula is C29H28Cl2F2NO9+. The van der Waals surface area contributed by atoms with Crippen molar-refractivity contribution in [2.45, 2.75) is 38.4 Å². The number of hydrogen-bond donors (Lipinski definition) is 1. The molecule has 1 aliphatic rings. The van der Waals surface area contributed by atoms with Crippen molar-refractivity contribution >= 4 is 35.1 Å². The second kappa shape index (κ2) is 14.4. The number of ether oxygens (including phenoxy) is 6. The van der Waals surface area contributed by atoms with Crippen LogP contribution >= 0.6 is 23.2 Å². The molecule has 14 heteroatoms. The van der Waals surface area contributed by atoms with Crippen molar-refractivity contribution < 1.29 is 56.7 Å². The molecule has 0 saturated heterocycles. The van der Waals surface area contributed by atoms with E-state index >= 15 is 0 Å². The number of benzene rings is 2. The molecule has 1 aromatic heterocycles. The lowest BCUT2D eigenvalue weighted by Crippen LogP contribution is -2.29. The minimum Gasteiger partial charge on any atom is -0.496 e. The molecule has 3 aromatic rings. The van der Waals surface area contributed by atoms with Gasteiger partial charge in [0, 0.05) is 34.9 Å². The van der Waals surface area contributed by atoms with Gasteiger partial charge in [-0.3, -0.25) is 14.8 Å². The quantitative estimate of drug-likeness (QED) is 0.0772. The number of alkyl halides is 2. The highest BCUT2D eigenvalue weighted by Crippen LogP contribution is 2.38. The molecular weight excluding hydrogens is 615 g/mol. The van der Waals surface area contributed by atoms with E-state index in [2.05, 4.69) is 4.74 Å². The molecule has 0 amide bonds. The van der Waals surface area contributed by atoms with Crippen LogP contribution in [-0.4, -0.2) is 44.6 Å². The van der Waals surface area contributed by atoms with Crippen molar-refractivity contribution in [3.8, 4) is 28.7 Å². The predicted octanol–water partition coefficient (Wildman–Crippen LogP) is 5.75. The molecule has 4 rings (SSSR count). The smallest absolute Gasteiger partial charge is 0.387 e. The number of hydrogen-bond acceptors (Lipinski definition) is 9. The second-order valence-electron chi connectivity index (χ2n) is 9.53. The molecule has 0 bridgehead atoms. The zero-order valence-electron chi connectivity index (χ0n) is 23.1. The highest BCUT2D eigenvalue weighted by molar-refractivity contribution is 6.35. The maximum absolute atomic E-state index is 13.1. The van der Waals surface area contributed by atoms with Gasteiger partial charge >= 0.3 is 18.6 Å². The third-order valence-corrected chi connectivity index (χ3v) is 6.95. The number of carbonyl (C=O) groups is 2. The molecule has 1 fully saturated rings. The van der Waals surface area contributed by atoms with E-state index < -0.39 is 31.1 Å². The summed E-state index contributed by atoms with van der Waals surface area (Å²) in [6.07, 6.45) is 2.28. The topological polar surface area (TPSA) is 114 Å². The van der Waals surface area contributed by atoms with Gasteiger partial charge in [-0.1, -0.05) is 29.3 Å². The SMILES string of the molecule is COc1cc(OC)cc(OC(=O)CC(=O)O[C@@H](Cc2c(Cl)c[n+](O)cc2Cl)c2ccc(OC(F)F)c(OCC3CC3)c2)c1. The summed E-state index contributed by atoms with van der Waals surface area (Å²) in [5.41, 5.74) is 0.630. The van der Waals surface area contributed by atoms with Crippen LogP contribution in [0.4, 0.5) is 8.78 Å². The van der Waals surface area contributed by atoms with Crippen LogP contribution in [0.25, 0.3) is 0 Å². The maximum Gasteiger partial charge on any atom is 0.387 e. The van der Waals surface area contributed by atoms with Crippen LogP contribution < -0.4 is 28.4 Å². The highest BCUT2D eigenvalue weighted by Gasteiger charge is 2.27. The monoisotopic (exact) mass is 642 g/mol. The second-order valence-corrected chi connectivity index (χ2v) is 10.3. The third-order valence-electron chi connectivity index (χ3n) is 6.30. The Kier molecular flexibility index (Phi) is 10.7. The van der Waals surface area contributed by atoms with E-state index in [1.165, 1.54) is 56.9 Å². The van der Waals surface area contributed by atoms with Crippen molar-refractivity contribution in [2.24, 2.45) is 5.92 Å². The fourth-order valence-electron chi connectivity index (χ4n) is 4.00. The molecule has 10 nitrogen and oxygen atoms in total. The first-order valence-electron chi connectivity index (χ1n) is 13.0. The van der Waals surface area contributed by atoms with Gasteiger partial charge in [0.05, 0.1) is 20.8 Å². The lowest BCUT2D eigenvalue weighted by atomic mass is 10.0. The number of aromatic nitrogens is 1. The van der Waals surface area contributed by atoms with Gasteiger partial charge in [-0.25, -0.2) is 0 Å². The van der Waals surface area contributed by atoms with Gasteiger partial charge in [-0.05, 0) is 36.5 Å². The fourth-order valence-corrected chi connectivity index (χ4v) is 4.60. The molecule has 1 heterocycles. The van der Waals surface area contributed by atoms with Gasteiger partial charge in [0.1, 0.15) is 39.8 Å². The number of pyridine rings is 1. The lowest BCUT2D eigenvalue weighted by molar-refractivity contribution is -0.904. The van der Waals surface area contributed by atoms with Crippen LogP contribution in [0.1, 0.15) is 36.5 Å². The minimum atomic E-state index is -3.09. The number of methoxy groups -OCH3 is 2. The van der Waals surface area contributed by atoms with Crippen LogP contribution in [0, 0.1) is 5.92 Å². The van der Waals surface area contributed by atoms with Crippen LogP contribution in [0.15, 0.2) is 48.8 Å². The zero-order chi connectivity index (χ0) is 31.1. The summed E-state index contributed by atoms with van der Waals surface area (Å²) < 4.78 is 58.4. The van der Waals surface area contributed by atoms with Gasteiger partial charge in [0.15, 0.2) is 11.5 Å². The lowest BCUT2D eigenvalue weighted by Gasteiger charge is -2.21. The Morgan fingerprint density at radius 1 is 0.953 bits per heavy atom. The summed E-state index contributed by atoms with van der Waals surface area (Å²) >= 11 is 12.6. The fraction of sp³-hybridized carbons (Fsp3) is 0.345. The summed E-state index contributed by atoms with van der Waals surface area (Å²) in [6, 6.07) is 8.55. The zero-order valence-corrected chi connectivity index (χ0v) is 24.6. The first-order chi connectivity index (χ1) is 20.5. The minimum absolute atomic E-state index is 0.0237. The Bertz CT molecular complexity index is 1420. The van der Waals surface area contributed by atoms with Crippen molar-refractivity contribution in [1.82, 2.24) is 0 Å². The highest BCUT2D eigenvalue weighted by atomic mass is 35.5. The number of esters is 2. The van der Waals surface area contributed by atoms with E-state index in [0.29, 0.717) is 39.9 Å². The Hall–Kier alpha value is -4.03. The summed E-state index contributed by atoms with van der Waals surface area (Å²) in [5, 5.41) is 9.87. The Labute approximate surface area is 255 Å². The van der Waals surface area contributed by atoms with Gasteiger partial charge < -0.3 is 28.4 Å². The predicted molar refractivity (Wildman–Crippen MR) is 147 cm³/mol. The average molecular weight is 643 g/mol. The largest absolute Gasteiger partial charge is 0.496 e. The van der Waals surface area contributed by atoms with Crippen LogP contribution in [0.2, 0.25) is 10.0 Å². The van der Waals surface area contributed by atoms with Crippen molar-refractivity contribution in [3.63, 3.8) is 0 Å². The first-order valence-corrected chi connectivity index (χ1v) is 13.7. The van der Waals surface area contributed by atoms with E-state index in [4.69, 9.17) is 46.9 Å². The molecule has 1 aliphatic carbocycles. The van der Waals surface area contributed by atoms with Crippen LogP contribution in [0.3, 0.4) is 0 Å². The van der Waals surface area contributed by atoms with E-state index in [1.54, 1.807) is 6.07 Å². The van der Waals surface area contributed by atoms with Crippen LogP contribution in [0.5, 0.6) is 28.7 Å². The van der Waals surface area contributed by atoms with Crippen molar-refractivity contribution in [3.05, 3.63) is 70.0 Å². The van der Waals surface area contributed by atoms with Gasteiger partial charge in [0.2, 0.25) is 12.4 Å². The van der Waals surface area contributed by atoms with Crippen molar-refractivity contribution in [2.75, 3.05) is 20.8 Å². The Balaban J connectivity index is 1.58. The van der Waals surface area contributed by atoms with Crippen LogP contribution in [-0.2, 0) is 20.7 Å². The molecule has 43 heavy (non-hydrogen) atoms. The third kappa shape index (κ3) is 9.23. The molecule has 0 radical (unpaired) electrons. The Morgan fingerprint density at radius 2 is 1.58 bits per heavy atom. The first kappa shape index (κ1) is 31.9. The summed E-state index contributed by atoms with van der Waals surface area (Å²) in [4.78, 5) is 25.6. The molecule has 0 aliphatic heterocycles. The summed E-state index contributed by atoms with van der Waals surface area (Å²) in [7, 11) is 2.86. The normalized spacial score (nSPS) is 13.3. The molecule has 1 atom stereocenters. The molecule has 230 valence electrons. The Morgan fingerprint density at radius 3 is 2.16 bits per heavy atom. The van der Waals surface area contributed by atoms with E-state index in [9.17, 15) is 23.6 Å². The number of carbonyl (C=O) groups excluding carboxylic acids is 2. The summed E-state index contributed by atoms with van der Waals surface area (Å²) in [5.74, 6) is -0.940. The number of nitrogens with zero attached hydrogens (tertiary/aromatic N) is 1. The van der Waals surface area contributed by atoms with E-state index in [1.807, 2.05) is 0 Å². The molecule has 0 unspecified atom stereocenters.